The highest BCUT2D eigenvalue weighted by Gasteiger charge is 2.40. The fourth-order valence-corrected chi connectivity index (χ4v) is 3.18. The van der Waals surface area contributed by atoms with Crippen molar-refractivity contribution in [1.82, 2.24) is 0 Å². The molecule has 1 aromatic carbocycles. The van der Waals surface area contributed by atoms with Crippen LogP contribution in [0.15, 0.2) is 18.2 Å². The molecular weight excluding hydrogens is 260 g/mol. The molecular formula is C14H18N2O2S. The monoisotopic (exact) mass is 278 g/mol. The first kappa shape index (κ1) is 14.1. The number of carbonyl (C=O) groups excluding carboxylic acids is 2. The first-order valence-electron chi connectivity index (χ1n) is 6.30. The van der Waals surface area contributed by atoms with Crippen molar-refractivity contribution in [1.29, 1.82) is 0 Å². The molecule has 5 heteroatoms. The Morgan fingerprint density at radius 1 is 1.37 bits per heavy atom. The van der Waals surface area contributed by atoms with Gasteiger partial charge < -0.3 is 5.73 Å². The molecule has 1 aromatic rings. The highest BCUT2D eigenvalue weighted by atomic mass is 32.2. The Labute approximate surface area is 117 Å². The van der Waals surface area contributed by atoms with Crippen LogP contribution in [0.3, 0.4) is 0 Å². The fourth-order valence-electron chi connectivity index (χ4n) is 2.25. The lowest BCUT2D eigenvalue weighted by Gasteiger charge is -2.17. The van der Waals surface area contributed by atoms with E-state index in [2.05, 4.69) is 0 Å². The lowest BCUT2D eigenvalue weighted by molar-refractivity contribution is -0.121. The molecule has 2 rings (SSSR count). The van der Waals surface area contributed by atoms with Crippen molar-refractivity contribution in [3.05, 3.63) is 29.3 Å². The number of carbonyl (C=O) groups is 2. The first-order chi connectivity index (χ1) is 9.04. The van der Waals surface area contributed by atoms with E-state index < -0.39 is 0 Å². The second kappa shape index (κ2) is 5.75. The van der Waals surface area contributed by atoms with E-state index in [1.165, 1.54) is 16.7 Å². The van der Waals surface area contributed by atoms with Gasteiger partial charge in [0.05, 0.1) is 10.9 Å². The van der Waals surface area contributed by atoms with Gasteiger partial charge in [0.25, 0.3) is 0 Å². The maximum atomic E-state index is 12.3. The van der Waals surface area contributed by atoms with E-state index in [0.29, 0.717) is 18.0 Å². The largest absolute Gasteiger partial charge is 0.330 e. The summed E-state index contributed by atoms with van der Waals surface area (Å²) in [6.07, 6.45) is 0.275. The smallest absolute Gasteiger partial charge is 0.247 e. The van der Waals surface area contributed by atoms with Gasteiger partial charge in [0, 0.05) is 18.7 Å². The third kappa shape index (κ3) is 2.82. The molecule has 1 aliphatic rings. The van der Waals surface area contributed by atoms with Crippen molar-refractivity contribution in [2.75, 3.05) is 17.2 Å². The van der Waals surface area contributed by atoms with Gasteiger partial charge in [-0.05, 0) is 25.5 Å². The van der Waals surface area contributed by atoms with E-state index in [4.69, 9.17) is 5.73 Å². The SMILES string of the molecule is Cc1ccc(N2C(=O)CC(SCCN)C2=O)c(C)c1. The molecule has 1 aliphatic heterocycles. The van der Waals surface area contributed by atoms with Crippen LogP contribution in [-0.2, 0) is 9.59 Å². The van der Waals surface area contributed by atoms with Crippen molar-refractivity contribution >= 4 is 29.3 Å². The van der Waals surface area contributed by atoms with Crippen LogP contribution in [0.4, 0.5) is 5.69 Å². The molecule has 19 heavy (non-hydrogen) atoms. The third-order valence-electron chi connectivity index (χ3n) is 3.14. The number of nitrogens with zero attached hydrogens (tertiary/aromatic N) is 1. The van der Waals surface area contributed by atoms with E-state index in [0.717, 1.165) is 11.1 Å². The van der Waals surface area contributed by atoms with E-state index >= 15 is 0 Å². The number of benzene rings is 1. The molecule has 0 radical (unpaired) electrons. The fraction of sp³-hybridized carbons (Fsp3) is 0.429. The summed E-state index contributed by atoms with van der Waals surface area (Å²) in [4.78, 5) is 25.7. The molecule has 1 saturated heterocycles. The van der Waals surface area contributed by atoms with Crippen molar-refractivity contribution in [2.24, 2.45) is 5.73 Å². The Bertz CT molecular complexity index is 516. The maximum Gasteiger partial charge on any atom is 0.247 e. The van der Waals surface area contributed by atoms with Gasteiger partial charge >= 0.3 is 0 Å². The number of rotatable bonds is 4. The van der Waals surface area contributed by atoms with Crippen molar-refractivity contribution in [3.8, 4) is 0 Å². The first-order valence-corrected chi connectivity index (χ1v) is 7.35. The van der Waals surface area contributed by atoms with Gasteiger partial charge in [-0.1, -0.05) is 17.7 Å². The average molecular weight is 278 g/mol. The number of hydrogen-bond acceptors (Lipinski definition) is 4. The number of anilines is 1. The zero-order valence-corrected chi connectivity index (χ0v) is 12.0. The zero-order chi connectivity index (χ0) is 14.0. The molecule has 1 unspecified atom stereocenters. The Morgan fingerprint density at radius 2 is 2.11 bits per heavy atom. The highest BCUT2D eigenvalue weighted by Crippen LogP contribution is 2.31. The average Bonchev–Trinajstić information content (AvgIpc) is 2.63. The van der Waals surface area contributed by atoms with Crippen LogP contribution in [0.1, 0.15) is 17.5 Å². The topological polar surface area (TPSA) is 63.4 Å². The number of imide groups is 1. The van der Waals surface area contributed by atoms with Gasteiger partial charge in [-0.3, -0.25) is 9.59 Å². The number of nitrogens with two attached hydrogens (primary N) is 1. The number of aryl methyl sites for hydroxylation is 2. The molecule has 2 N–H and O–H groups in total. The Morgan fingerprint density at radius 3 is 2.74 bits per heavy atom. The molecule has 102 valence electrons. The summed E-state index contributed by atoms with van der Waals surface area (Å²) in [6, 6.07) is 5.75. The maximum absolute atomic E-state index is 12.3. The molecule has 1 atom stereocenters. The summed E-state index contributed by atoms with van der Waals surface area (Å²) in [5.74, 6) is 0.464. The summed E-state index contributed by atoms with van der Waals surface area (Å²) in [5.41, 5.74) is 8.22. The molecule has 1 fully saturated rings. The molecule has 0 aromatic heterocycles. The van der Waals surface area contributed by atoms with E-state index in [1.54, 1.807) is 0 Å². The highest BCUT2D eigenvalue weighted by molar-refractivity contribution is 8.00. The molecule has 0 aliphatic carbocycles. The third-order valence-corrected chi connectivity index (χ3v) is 4.38. The summed E-state index contributed by atoms with van der Waals surface area (Å²) in [5, 5.41) is -0.281. The minimum Gasteiger partial charge on any atom is -0.330 e. The lowest BCUT2D eigenvalue weighted by atomic mass is 10.1. The van der Waals surface area contributed by atoms with Crippen LogP contribution >= 0.6 is 11.8 Å². The molecule has 2 amide bonds. The standard InChI is InChI=1S/C14H18N2O2S/c1-9-3-4-11(10(2)7-9)16-13(17)8-12(14(16)18)19-6-5-15/h3-4,7,12H,5-6,8,15H2,1-2H3. The van der Waals surface area contributed by atoms with Gasteiger partial charge in [0.1, 0.15) is 0 Å². The van der Waals surface area contributed by atoms with Crippen LogP contribution < -0.4 is 10.6 Å². The molecule has 0 bridgehead atoms. The van der Waals surface area contributed by atoms with Crippen molar-refractivity contribution < 1.29 is 9.59 Å². The minimum atomic E-state index is -0.281. The van der Waals surface area contributed by atoms with Crippen LogP contribution in [0.5, 0.6) is 0 Å². The van der Waals surface area contributed by atoms with Crippen molar-refractivity contribution in [3.63, 3.8) is 0 Å². The van der Waals surface area contributed by atoms with Gasteiger partial charge in [0.2, 0.25) is 11.8 Å². The van der Waals surface area contributed by atoms with Gasteiger partial charge in [-0.15, -0.1) is 11.8 Å². The van der Waals surface area contributed by atoms with Crippen molar-refractivity contribution in [2.45, 2.75) is 25.5 Å². The summed E-state index contributed by atoms with van der Waals surface area (Å²) in [6.45, 7) is 4.43. The Balaban J connectivity index is 2.25. The zero-order valence-electron chi connectivity index (χ0n) is 11.2. The summed E-state index contributed by atoms with van der Waals surface area (Å²) in [7, 11) is 0. The van der Waals surface area contributed by atoms with E-state index in [1.807, 2.05) is 32.0 Å². The number of hydrogen-bond donors (Lipinski definition) is 1. The molecule has 0 spiro atoms. The van der Waals surface area contributed by atoms with Gasteiger partial charge in [0.15, 0.2) is 0 Å². The lowest BCUT2D eigenvalue weighted by Crippen LogP contribution is -2.32. The molecule has 0 saturated carbocycles. The van der Waals surface area contributed by atoms with E-state index in [9.17, 15) is 9.59 Å². The normalized spacial score (nSPS) is 19.3. The predicted molar refractivity (Wildman–Crippen MR) is 78.3 cm³/mol. The van der Waals surface area contributed by atoms with Crippen LogP contribution in [-0.4, -0.2) is 29.4 Å². The Hall–Kier alpha value is -1.33. The number of amides is 2. The predicted octanol–water partition coefficient (Wildman–Crippen LogP) is 1.63. The Kier molecular flexibility index (Phi) is 4.27. The van der Waals surface area contributed by atoms with Crippen LogP contribution in [0.25, 0.3) is 0 Å². The minimum absolute atomic E-state index is 0.115. The van der Waals surface area contributed by atoms with Gasteiger partial charge in [-0.2, -0.15) is 0 Å². The summed E-state index contributed by atoms with van der Waals surface area (Å²) >= 11 is 1.47. The second-order valence-electron chi connectivity index (χ2n) is 4.71. The van der Waals surface area contributed by atoms with Gasteiger partial charge in [-0.25, -0.2) is 4.90 Å². The molecule has 1 heterocycles. The van der Waals surface area contributed by atoms with Crippen LogP contribution in [0.2, 0.25) is 0 Å². The second-order valence-corrected chi connectivity index (χ2v) is 6.02. The van der Waals surface area contributed by atoms with Crippen LogP contribution in [0, 0.1) is 13.8 Å². The quantitative estimate of drug-likeness (QED) is 0.850. The van der Waals surface area contributed by atoms with E-state index in [-0.39, 0.29) is 23.5 Å². The number of thioether (sulfide) groups is 1. The summed E-state index contributed by atoms with van der Waals surface area (Å²) < 4.78 is 0. The molecule has 4 nitrogen and oxygen atoms in total.